The van der Waals surface area contributed by atoms with E-state index < -0.39 is 0 Å². The molecule has 3 saturated heterocycles. The molecule has 1 N–H and O–H groups in total. The van der Waals surface area contributed by atoms with Crippen molar-refractivity contribution in [2.24, 2.45) is 0 Å². The van der Waals surface area contributed by atoms with E-state index in [0.717, 1.165) is 60.5 Å². The van der Waals surface area contributed by atoms with Crippen molar-refractivity contribution in [3.8, 4) is 0 Å². The molecule has 1 aliphatic carbocycles. The number of benzene rings is 1. The minimum Gasteiger partial charge on any atom is -0.378 e. The zero-order valence-corrected chi connectivity index (χ0v) is 19.8. The fourth-order valence-electron chi connectivity index (χ4n) is 6.02. The van der Waals surface area contributed by atoms with Crippen molar-refractivity contribution in [1.82, 2.24) is 24.6 Å². The van der Waals surface area contributed by atoms with E-state index in [-0.39, 0.29) is 0 Å². The van der Waals surface area contributed by atoms with Gasteiger partial charge in [0.1, 0.15) is 0 Å². The van der Waals surface area contributed by atoms with Crippen LogP contribution >= 0.6 is 23.2 Å². The van der Waals surface area contributed by atoms with Crippen LogP contribution in [0.1, 0.15) is 56.0 Å². The van der Waals surface area contributed by atoms with E-state index in [0.29, 0.717) is 41.2 Å². The maximum Gasteiger partial charge on any atom is 0.227 e. The average molecular weight is 485 g/mol. The third kappa shape index (κ3) is 3.52. The molecule has 3 aromatic rings. The molecule has 33 heavy (non-hydrogen) atoms. The third-order valence-corrected chi connectivity index (χ3v) is 8.55. The van der Waals surface area contributed by atoms with Crippen molar-refractivity contribution in [2.75, 3.05) is 18.5 Å². The first-order valence-electron chi connectivity index (χ1n) is 12.0. The first-order valence-corrected chi connectivity index (χ1v) is 12.7. The molecular formula is C24H26Cl2N6O. The van der Waals surface area contributed by atoms with E-state index in [9.17, 15) is 0 Å². The molecule has 7 rings (SSSR count). The van der Waals surface area contributed by atoms with E-state index in [1.54, 1.807) is 6.20 Å². The van der Waals surface area contributed by atoms with Crippen LogP contribution in [0.25, 0.3) is 10.9 Å². The summed E-state index contributed by atoms with van der Waals surface area (Å²) in [5, 5.41) is 10.0. The summed E-state index contributed by atoms with van der Waals surface area (Å²) in [5.74, 6) is 0.988. The lowest BCUT2D eigenvalue weighted by molar-refractivity contribution is -0.0927. The van der Waals surface area contributed by atoms with Gasteiger partial charge in [-0.1, -0.05) is 23.2 Å². The van der Waals surface area contributed by atoms with E-state index >= 15 is 0 Å². The molecule has 2 unspecified atom stereocenters. The number of nitrogens with zero attached hydrogens (tertiary/aromatic N) is 5. The van der Waals surface area contributed by atoms with E-state index in [1.807, 2.05) is 16.9 Å². The van der Waals surface area contributed by atoms with Gasteiger partial charge in [-0.15, -0.1) is 0 Å². The third-order valence-electron chi connectivity index (χ3n) is 7.84. The number of ether oxygens (including phenoxy) is 1. The van der Waals surface area contributed by atoms with Gasteiger partial charge >= 0.3 is 0 Å². The van der Waals surface area contributed by atoms with Gasteiger partial charge in [0, 0.05) is 28.7 Å². The summed E-state index contributed by atoms with van der Waals surface area (Å²) < 4.78 is 7.35. The quantitative estimate of drug-likeness (QED) is 0.528. The molecule has 2 bridgehead atoms. The van der Waals surface area contributed by atoms with Crippen LogP contribution in [0, 0.1) is 0 Å². The zero-order chi connectivity index (χ0) is 22.1. The van der Waals surface area contributed by atoms with Crippen LogP contribution in [0.2, 0.25) is 10.2 Å². The second kappa shape index (κ2) is 7.80. The highest BCUT2D eigenvalue weighted by Gasteiger charge is 2.46. The summed E-state index contributed by atoms with van der Waals surface area (Å²) in [5.41, 5.74) is 2.86. The van der Waals surface area contributed by atoms with Gasteiger partial charge in [0.25, 0.3) is 0 Å². The van der Waals surface area contributed by atoms with E-state index in [1.165, 1.54) is 18.4 Å². The van der Waals surface area contributed by atoms with Crippen LogP contribution in [0.15, 0.2) is 24.5 Å². The van der Waals surface area contributed by atoms with Crippen LogP contribution in [0.5, 0.6) is 0 Å². The predicted octanol–water partition coefficient (Wildman–Crippen LogP) is 5.32. The molecule has 3 aliphatic heterocycles. The first-order chi connectivity index (χ1) is 16.1. The summed E-state index contributed by atoms with van der Waals surface area (Å²) in [6.07, 6.45) is 10.7. The Labute approximate surface area is 202 Å². The predicted molar refractivity (Wildman–Crippen MR) is 129 cm³/mol. The fraction of sp³-hybridized carbons (Fsp3) is 0.542. The molecule has 2 aromatic heterocycles. The molecule has 5 heterocycles. The zero-order valence-electron chi connectivity index (χ0n) is 18.3. The fourth-order valence-corrected chi connectivity index (χ4v) is 6.63. The normalized spacial score (nSPS) is 27.8. The lowest BCUT2D eigenvalue weighted by Gasteiger charge is -2.46. The highest BCUT2D eigenvalue weighted by atomic mass is 35.5. The number of rotatable bonds is 5. The molecule has 2 atom stereocenters. The highest BCUT2D eigenvalue weighted by molar-refractivity contribution is 6.32. The first kappa shape index (κ1) is 20.4. The molecule has 1 saturated carbocycles. The number of hydrogen-bond acceptors (Lipinski definition) is 6. The molecule has 172 valence electrons. The Kier molecular flexibility index (Phi) is 4.83. The van der Waals surface area contributed by atoms with Crippen LogP contribution < -0.4 is 5.32 Å². The van der Waals surface area contributed by atoms with Crippen molar-refractivity contribution < 1.29 is 4.74 Å². The Morgan fingerprint density at radius 2 is 1.70 bits per heavy atom. The van der Waals surface area contributed by atoms with Crippen LogP contribution in [0.3, 0.4) is 0 Å². The van der Waals surface area contributed by atoms with Gasteiger partial charge in [0.2, 0.25) is 5.95 Å². The van der Waals surface area contributed by atoms with Crippen molar-refractivity contribution in [3.05, 3.63) is 40.3 Å². The van der Waals surface area contributed by atoms with Crippen LogP contribution in [0.4, 0.5) is 11.6 Å². The van der Waals surface area contributed by atoms with E-state index in [2.05, 4.69) is 26.4 Å². The largest absolute Gasteiger partial charge is 0.378 e. The number of piperidine rings is 1. The van der Waals surface area contributed by atoms with Gasteiger partial charge in [-0.3, -0.25) is 4.90 Å². The number of fused-ring (bicyclic) bond motifs is 3. The molecular weight excluding hydrogens is 459 g/mol. The molecule has 9 heteroatoms. The van der Waals surface area contributed by atoms with Gasteiger partial charge < -0.3 is 10.1 Å². The number of halogens is 2. The van der Waals surface area contributed by atoms with Gasteiger partial charge in [0.15, 0.2) is 5.15 Å². The highest BCUT2D eigenvalue weighted by Crippen LogP contribution is 2.47. The number of anilines is 2. The summed E-state index contributed by atoms with van der Waals surface area (Å²) in [7, 11) is 0. The van der Waals surface area contributed by atoms with Crippen molar-refractivity contribution in [3.63, 3.8) is 0 Å². The van der Waals surface area contributed by atoms with Gasteiger partial charge in [-0.25, -0.2) is 14.6 Å². The standard InChI is InChI=1S/C24H26Cl2N6O/c25-20-7-14-9-27-24(30-22-10-28-32(23(22)26)15-1-2-15)29-21(14)8-19(20)13-5-16-3-4-17(6-13)31(16)18-11-33-12-18/h7-10,13,15-18H,1-6,11-12H2,(H,27,29,30). The van der Waals surface area contributed by atoms with Crippen molar-refractivity contribution in [2.45, 2.75) is 68.6 Å². The Balaban J connectivity index is 1.16. The summed E-state index contributed by atoms with van der Waals surface area (Å²) >= 11 is 13.3. The minimum absolute atomic E-state index is 0.425. The molecule has 0 amide bonds. The monoisotopic (exact) mass is 484 g/mol. The lowest BCUT2D eigenvalue weighted by Crippen LogP contribution is -2.56. The smallest absolute Gasteiger partial charge is 0.227 e. The Hall–Kier alpha value is -1.93. The van der Waals surface area contributed by atoms with Crippen molar-refractivity contribution >= 4 is 45.7 Å². The molecule has 4 fully saturated rings. The molecule has 7 nitrogen and oxygen atoms in total. The van der Waals surface area contributed by atoms with Gasteiger partial charge in [-0.05, 0) is 62.1 Å². The maximum atomic E-state index is 6.79. The second-order valence-electron chi connectivity index (χ2n) is 9.97. The Morgan fingerprint density at radius 1 is 0.939 bits per heavy atom. The number of hydrogen-bond donors (Lipinski definition) is 1. The van der Waals surface area contributed by atoms with Crippen LogP contribution in [-0.2, 0) is 4.74 Å². The van der Waals surface area contributed by atoms with E-state index in [4.69, 9.17) is 32.9 Å². The minimum atomic E-state index is 0.425. The maximum absolute atomic E-state index is 6.79. The Morgan fingerprint density at radius 3 is 2.39 bits per heavy atom. The van der Waals surface area contributed by atoms with Gasteiger partial charge in [0.05, 0.1) is 42.7 Å². The molecule has 0 radical (unpaired) electrons. The number of nitrogens with one attached hydrogen (secondary N) is 1. The van der Waals surface area contributed by atoms with Crippen LogP contribution in [-0.4, -0.2) is 56.0 Å². The SMILES string of the molecule is Clc1cc2cnc(Nc3cnn(C4CC4)c3Cl)nc2cc1C1CC2CCC(C1)N2C1COC1. The topological polar surface area (TPSA) is 68.1 Å². The summed E-state index contributed by atoms with van der Waals surface area (Å²) in [6.45, 7) is 1.79. The second-order valence-corrected chi connectivity index (χ2v) is 10.7. The Bertz CT molecular complexity index is 1210. The molecule has 1 aromatic carbocycles. The summed E-state index contributed by atoms with van der Waals surface area (Å²) in [4.78, 5) is 12.0. The summed E-state index contributed by atoms with van der Waals surface area (Å²) in [6, 6.07) is 6.51. The van der Waals surface area contributed by atoms with Crippen molar-refractivity contribution in [1.29, 1.82) is 0 Å². The van der Waals surface area contributed by atoms with Gasteiger partial charge in [-0.2, -0.15) is 5.10 Å². The lowest BCUT2D eigenvalue weighted by atomic mass is 9.83. The number of aromatic nitrogens is 4. The molecule has 4 aliphatic rings. The molecule has 0 spiro atoms. The average Bonchev–Trinajstić information content (AvgIpc) is 3.51.